The Bertz CT molecular complexity index is 331. The number of hydrazine groups is 1. The molecular weight excluding hydrogens is 206 g/mol. The highest BCUT2D eigenvalue weighted by Gasteiger charge is 2.05. The first-order valence-electron chi connectivity index (χ1n) is 5.20. The highest BCUT2D eigenvalue weighted by atomic mass is 16.5. The molecule has 1 heterocycles. The molecule has 1 aromatic heterocycles. The van der Waals surface area contributed by atoms with Gasteiger partial charge >= 0.3 is 0 Å². The molecule has 0 aliphatic rings. The molecule has 0 aromatic carbocycles. The van der Waals surface area contributed by atoms with Crippen molar-refractivity contribution in [1.82, 2.24) is 9.97 Å². The van der Waals surface area contributed by atoms with E-state index in [0.717, 1.165) is 24.5 Å². The van der Waals surface area contributed by atoms with Crippen LogP contribution in [0, 0.1) is 12.8 Å². The fraction of sp³-hybridized carbons (Fsp3) is 0.600. The first-order chi connectivity index (χ1) is 7.67. The van der Waals surface area contributed by atoms with Crippen LogP contribution in [0.25, 0.3) is 0 Å². The molecule has 0 saturated carbocycles. The van der Waals surface area contributed by atoms with Crippen LogP contribution in [0.2, 0.25) is 0 Å². The summed E-state index contributed by atoms with van der Waals surface area (Å²) in [5, 5.41) is 3.25. The maximum absolute atomic E-state index is 5.25. The normalized spacial score (nSPS) is 12.2. The lowest BCUT2D eigenvalue weighted by Gasteiger charge is -2.13. The lowest BCUT2D eigenvalue weighted by atomic mass is 10.2. The van der Waals surface area contributed by atoms with Crippen LogP contribution >= 0.6 is 0 Å². The van der Waals surface area contributed by atoms with Gasteiger partial charge in [-0.3, -0.25) is 5.43 Å². The first kappa shape index (κ1) is 12.7. The number of anilines is 2. The molecule has 1 unspecified atom stereocenters. The van der Waals surface area contributed by atoms with Crippen molar-refractivity contribution >= 4 is 11.8 Å². The predicted molar refractivity (Wildman–Crippen MR) is 64.1 cm³/mol. The summed E-state index contributed by atoms with van der Waals surface area (Å²) < 4.78 is 5.06. The number of aromatic nitrogens is 2. The van der Waals surface area contributed by atoms with Gasteiger partial charge in [-0.1, -0.05) is 6.92 Å². The number of ether oxygens (including phenoxy) is 1. The van der Waals surface area contributed by atoms with Gasteiger partial charge in [-0.2, -0.15) is 4.98 Å². The van der Waals surface area contributed by atoms with E-state index in [4.69, 9.17) is 10.6 Å². The first-order valence-corrected chi connectivity index (χ1v) is 5.20. The van der Waals surface area contributed by atoms with Crippen LogP contribution in [0.3, 0.4) is 0 Å². The smallest absolute Gasteiger partial charge is 0.239 e. The largest absolute Gasteiger partial charge is 0.384 e. The molecule has 0 aliphatic heterocycles. The predicted octanol–water partition coefficient (Wildman–Crippen LogP) is 0.765. The molecule has 0 spiro atoms. The van der Waals surface area contributed by atoms with Gasteiger partial charge in [0.05, 0.1) is 6.61 Å². The second-order valence-corrected chi connectivity index (χ2v) is 3.81. The van der Waals surface area contributed by atoms with Gasteiger partial charge in [-0.25, -0.2) is 10.8 Å². The van der Waals surface area contributed by atoms with Gasteiger partial charge in [0.1, 0.15) is 5.82 Å². The summed E-state index contributed by atoms with van der Waals surface area (Å²) in [6.07, 6.45) is 1.73. The Morgan fingerprint density at radius 2 is 2.31 bits per heavy atom. The zero-order chi connectivity index (χ0) is 12.0. The Hall–Kier alpha value is -1.40. The number of hydrogen-bond donors (Lipinski definition) is 3. The van der Waals surface area contributed by atoms with Crippen LogP contribution < -0.4 is 16.6 Å². The third-order valence-corrected chi connectivity index (χ3v) is 2.17. The van der Waals surface area contributed by atoms with Crippen molar-refractivity contribution in [2.24, 2.45) is 11.8 Å². The van der Waals surface area contributed by atoms with E-state index < -0.39 is 0 Å². The van der Waals surface area contributed by atoms with Crippen molar-refractivity contribution in [2.75, 3.05) is 31.0 Å². The molecule has 90 valence electrons. The van der Waals surface area contributed by atoms with Gasteiger partial charge in [0.25, 0.3) is 0 Å². The Labute approximate surface area is 95.6 Å². The summed E-state index contributed by atoms with van der Waals surface area (Å²) in [6, 6.07) is 0. The number of nitrogen functional groups attached to an aromatic ring is 1. The van der Waals surface area contributed by atoms with E-state index in [1.165, 1.54) is 0 Å². The molecule has 16 heavy (non-hydrogen) atoms. The van der Waals surface area contributed by atoms with Gasteiger partial charge in [-0.05, 0) is 12.8 Å². The van der Waals surface area contributed by atoms with E-state index in [9.17, 15) is 0 Å². The summed E-state index contributed by atoms with van der Waals surface area (Å²) in [7, 11) is 1.70. The second kappa shape index (κ2) is 6.24. The van der Waals surface area contributed by atoms with Crippen molar-refractivity contribution in [3.63, 3.8) is 0 Å². The lowest BCUT2D eigenvalue weighted by molar-refractivity contribution is 0.164. The summed E-state index contributed by atoms with van der Waals surface area (Å²) >= 11 is 0. The molecule has 0 aliphatic carbocycles. The molecule has 1 aromatic rings. The highest BCUT2D eigenvalue weighted by Crippen LogP contribution is 2.12. The second-order valence-electron chi connectivity index (χ2n) is 3.81. The molecule has 0 radical (unpaired) electrons. The van der Waals surface area contributed by atoms with E-state index in [2.05, 4.69) is 27.6 Å². The summed E-state index contributed by atoms with van der Waals surface area (Å²) in [4.78, 5) is 8.23. The van der Waals surface area contributed by atoms with Crippen molar-refractivity contribution in [2.45, 2.75) is 13.8 Å². The van der Waals surface area contributed by atoms with Crippen molar-refractivity contribution in [3.8, 4) is 0 Å². The van der Waals surface area contributed by atoms with Crippen LogP contribution in [0.5, 0.6) is 0 Å². The van der Waals surface area contributed by atoms with E-state index in [0.29, 0.717) is 11.9 Å². The van der Waals surface area contributed by atoms with Gasteiger partial charge in [-0.15, -0.1) is 0 Å². The van der Waals surface area contributed by atoms with Gasteiger partial charge in [0, 0.05) is 25.4 Å². The van der Waals surface area contributed by atoms with Gasteiger partial charge in [0.15, 0.2) is 0 Å². The maximum atomic E-state index is 5.25. The quantitative estimate of drug-likeness (QED) is 0.489. The minimum absolute atomic E-state index is 0.410. The standard InChI is InChI=1S/C10H19N5O/c1-7(6-16-3)4-12-9-8(2)5-13-10(14-9)15-11/h5,7H,4,6,11H2,1-3H3,(H2,12,13,14,15). The third kappa shape index (κ3) is 3.63. The molecular formula is C10H19N5O. The number of rotatable bonds is 6. The zero-order valence-corrected chi connectivity index (χ0v) is 9.95. The molecule has 0 amide bonds. The Morgan fingerprint density at radius 1 is 1.56 bits per heavy atom. The topological polar surface area (TPSA) is 85.1 Å². The molecule has 6 nitrogen and oxygen atoms in total. The van der Waals surface area contributed by atoms with E-state index in [-0.39, 0.29) is 0 Å². The number of nitrogens with two attached hydrogens (primary N) is 1. The number of methoxy groups -OCH3 is 1. The summed E-state index contributed by atoms with van der Waals surface area (Å²) in [5.74, 6) is 6.88. The number of nitrogens with zero attached hydrogens (tertiary/aromatic N) is 2. The van der Waals surface area contributed by atoms with Crippen LogP contribution in [-0.4, -0.2) is 30.2 Å². The molecule has 0 fully saturated rings. The average molecular weight is 225 g/mol. The highest BCUT2D eigenvalue weighted by molar-refractivity contribution is 5.45. The van der Waals surface area contributed by atoms with Gasteiger partial charge in [0.2, 0.25) is 5.95 Å². The fourth-order valence-electron chi connectivity index (χ4n) is 1.30. The van der Waals surface area contributed by atoms with Crippen LogP contribution in [-0.2, 0) is 4.74 Å². The molecule has 0 saturated heterocycles. The molecule has 6 heteroatoms. The van der Waals surface area contributed by atoms with Crippen molar-refractivity contribution in [3.05, 3.63) is 11.8 Å². The Balaban J connectivity index is 2.58. The van der Waals surface area contributed by atoms with Gasteiger partial charge < -0.3 is 10.1 Å². The fourth-order valence-corrected chi connectivity index (χ4v) is 1.30. The summed E-state index contributed by atoms with van der Waals surface area (Å²) in [6.45, 7) is 5.58. The van der Waals surface area contributed by atoms with Crippen molar-refractivity contribution in [1.29, 1.82) is 0 Å². The molecule has 0 bridgehead atoms. The minimum atomic E-state index is 0.410. The minimum Gasteiger partial charge on any atom is -0.384 e. The average Bonchev–Trinajstić information content (AvgIpc) is 2.28. The van der Waals surface area contributed by atoms with E-state index in [1.54, 1.807) is 13.3 Å². The summed E-state index contributed by atoms with van der Waals surface area (Å²) in [5.41, 5.74) is 3.41. The molecule has 1 rings (SSSR count). The van der Waals surface area contributed by atoms with Crippen LogP contribution in [0.4, 0.5) is 11.8 Å². The third-order valence-electron chi connectivity index (χ3n) is 2.17. The molecule has 4 N–H and O–H groups in total. The van der Waals surface area contributed by atoms with Crippen LogP contribution in [0.1, 0.15) is 12.5 Å². The maximum Gasteiger partial charge on any atom is 0.239 e. The number of nitrogens with one attached hydrogen (secondary N) is 2. The Morgan fingerprint density at radius 3 is 2.94 bits per heavy atom. The SMILES string of the molecule is COCC(C)CNc1nc(NN)ncc1C. The van der Waals surface area contributed by atoms with Crippen LogP contribution in [0.15, 0.2) is 6.20 Å². The molecule has 1 atom stereocenters. The number of hydrogen-bond acceptors (Lipinski definition) is 6. The number of aryl methyl sites for hydroxylation is 1. The van der Waals surface area contributed by atoms with Crippen molar-refractivity contribution < 1.29 is 4.74 Å². The van der Waals surface area contributed by atoms with E-state index >= 15 is 0 Å². The van der Waals surface area contributed by atoms with E-state index in [1.807, 2.05) is 6.92 Å². The Kier molecular flexibility index (Phi) is 4.94. The lowest BCUT2D eigenvalue weighted by Crippen LogP contribution is -2.18. The monoisotopic (exact) mass is 225 g/mol. The zero-order valence-electron chi connectivity index (χ0n) is 9.95.